The van der Waals surface area contributed by atoms with Gasteiger partial charge in [0, 0.05) is 7.05 Å². The normalized spacial score (nSPS) is 9.94. The van der Waals surface area contributed by atoms with Crippen LogP contribution in [-0.4, -0.2) is 36.1 Å². The molecular weight excluding hydrogens is 234 g/mol. The molecule has 88 valence electrons. The van der Waals surface area contributed by atoms with E-state index in [0.29, 0.717) is 6.61 Å². The van der Waals surface area contributed by atoms with Gasteiger partial charge < -0.3 is 14.6 Å². The van der Waals surface area contributed by atoms with E-state index < -0.39 is 11.5 Å². The van der Waals surface area contributed by atoms with Crippen molar-refractivity contribution in [2.75, 3.05) is 25.1 Å². The van der Waals surface area contributed by atoms with Gasteiger partial charge >= 0.3 is 5.97 Å². The monoisotopic (exact) mass is 245 g/mol. The molecule has 0 spiro atoms. The zero-order valence-corrected chi connectivity index (χ0v) is 9.74. The van der Waals surface area contributed by atoms with Crippen LogP contribution >= 0.6 is 11.6 Å². The first kappa shape index (κ1) is 12.5. The molecule has 0 saturated carbocycles. The Bertz CT molecular complexity index is 432. The molecule has 1 aromatic heterocycles. The number of H-pyrrole nitrogens is 1. The fourth-order valence-electron chi connectivity index (χ4n) is 1.11. The summed E-state index contributed by atoms with van der Waals surface area (Å²) in [6.45, 7) is 2.02. The van der Waals surface area contributed by atoms with Crippen molar-refractivity contribution in [3.05, 3.63) is 21.7 Å². The molecule has 0 aliphatic rings. The van der Waals surface area contributed by atoms with E-state index in [1.807, 2.05) is 0 Å². The number of carbonyl (C=O) groups is 1. The van der Waals surface area contributed by atoms with E-state index in [-0.39, 0.29) is 17.4 Å². The number of carbonyl (C=O) groups excluding carboxylic acids is 1. The van der Waals surface area contributed by atoms with E-state index >= 15 is 0 Å². The molecule has 0 radical (unpaired) electrons. The second kappa shape index (κ2) is 5.50. The summed E-state index contributed by atoms with van der Waals surface area (Å²) in [4.78, 5) is 30.1. The fraction of sp³-hybridized carbons (Fsp3) is 0.444. The molecule has 0 saturated heterocycles. The number of hydrogen-bond acceptors (Lipinski definition) is 5. The minimum atomic E-state index is -0.442. The van der Waals surface area contributed by atoms with Gasteiger partial charge in [-0.25, -0.2) is 4.98 Å². The number of aromatic nitrogens is 2. The largest absolute Gasteiger partial charge is 0.465 e. The van der Waals surface area contributed by atoms with E-state index in [1.165, 1.54) is 11.2 Å². The molecule has 6 nitrogen and oxygen atoms in total. The molecule has 0 amide bonds. The van der Waals surface area contributed by atoms with Gasteiger partial charge in [-0.1, -0.05) is 11.6 Å². The highest BCUT2D eigenvalue weighted by Crippen LogP contribution is 2.16. The van der Waals surface area contributed by atoms with Gasteiger partial charge in [0.2, 0.25) is 0 Å². The van der Waals surface area contributed by atoms with E-state index in [2.05, 4.69) is 9.97 Å². The molecule has 0 atom stereocenters. The molecule has 0 aromatic carbocycles. The quantitative estimate of drug-likeness (QED) is 0.779. The topological polar surface area (TPSA) is 75.3 Å². The Labute approximate surface area is 97.2 Å². The number of aromatic amines is 1. The molecule has 0 aliphatic carbocycles. The molecule has 0 fully saturated rings. The molecule has 1 N–H and O–H groups in total. The maximum atomic E-state index is 11.2. The lowest BCUT2D eigenvalue weighted by Crippen LogP contribution is -2.29. The molecule has 0 unspecified atom stereocenters. The highest BCUT2D eigenvalue weighted by atomic mass is 35.5. The lowest BCUT2D eigenvalue weighted by Gasteiger charge is -2.17. The first-order valence-electron chi connectivity index (χ1n) is 4.66. The van der Waals surface area contributed by atoms with Crippen LogP contribution in [0.15, 0.2) is 11.1 Å². The Morgan fingerprint density at radius 3 is 3.00 bits per heavy atom. The molecule has 16 heavy (non-hydrogen) atoms. The van der Waals surface area contributed by atoms with Gasteiger partial charge in [0.25, 0.3) is 5.56 Å². The van der Waals surface area contributed by atoms with Crippen molar-refractivity contribution in [1.82, 2.24) is 9.97 Å². The maximum absolute atomic E-state index is 11.2. The van der Waals surface area contributed by atoms with Crippen LogP contribution in [-0.2, 0) is 9.53 Å². The number of nitrogens with zero attached hydrogens (tertiary/aromatic N) is 2. The van der Waals surface area contributed by atoms with Crippen LogP contribution in [0.5, 0.6) is 0 Å². The lowest BCUT2D eigenvalue weighted by atomic mass is 10.5. The molecule has 7 heteroatoms. The summed E-state index contributed by atoms with van der Waals surface area (Å²) in [5.41, 5.74) is -0.442. The van der Waals surface area contributed by atoms with E-state index in [9.17, 15) is 9.59 Å². The minimum Gasteiger partial charge on any atom is -0.465 e. The van der Waals surface area contributed by atoms with Crippen LogP contribution in [0.25, 0.3) is 0 Å². The van der Waals surface area contributed by atoms with Crippen molar-refractivity contribution in [1.29, 1.82) is 0 Å². The molecule has 1 rings (SSSR count). The summed E-state index contributed by atoms with van der Waals surface area (Å²) in [5, 5.41) is -0.0469. The number of rotatable bonds is 4. The summed E-state index contributed by atoms with van der Waals surface area (Å²) in [5.74, 6) is -0.151. The number of halogens is 1. The van der Waals surface area contributed by atoms with Gasteiger partial charge in [-0.15, -0.1) is 0 Å². The second-order valence-corrected chi connectivity index (χ2v) is 3.41. The Morgan fingerprint density at radius 1 is 1.69 bits per heavy atom. The predicted octanol–water partition coefficient (Wildman–Crippen LogP) is 0.423. The third-order valence-corrected chi connectivity index (χ3v) is 2.15. The van der Waals surface area contributed by atoms with Gasteiger partial charge in [-0.2, -0.15) is 0 Å². The summed E-state index contributed by atoms with van der Waals surface area (Å²) in [7, 11) is 1.60. The Kier molecular flexibility index (Phi) is 4.30. The summed E-state index contributed by atoms with van der Waals surface area (Å²) >= 11 is 5.75. The average molecular weight is 246 g/mol. The fourth-order valence-corrected chi connectivity index (χ4v) is 1.36. The molecule has 1 aromatic rings. The lowest BCUT2D eigenvalue weighted by molar-refractivity contribution is -0.141. The predicted molar refractivity (Wildman–Crippen MR) is 59.8 cm³/mol. The van der Waals surface area contributed by atoms with Crippen LogP contribution in [0.3, 0.4) is 0 Å². The van der Waals surface area contributed by atoms with Gasteiger partial charge in [0.1, 0.15) is 11.6 Å². The van der Waals surface area contributed by atoms with E-state index in [4.69, 9.17) is 16.3 Å². The number of ether oxygens (including phenoxy) is 1. The number of esters is 1. The third kappa shape index (κ3) is 2.96. The van der Waals surface area contributed by atoms with Gasteiger partial charge in [-0.05, 0) is 6.92 Å². The van der Waals surface area contributed by atoms with Gasteiger partial charge in [-0.3, -0.25) is 9.59 Å². The minimum absolute atomic E-state index is 0.00991. The number of nitrogens with one attached hydrogen (secondary N) is 1. The number of hydrogen-bond donors (Lipinski definition) is 1. The molecule has 1 heterocycles. The SMILES string of the molecule is CCOC(=O)CN(C)c1nc[nH]c(=O)c1Cl. The zero-order chi connectivity index (χ0) is 12.1. The highest BCUT2D eigenvalue weighted by molar-refractivity contribution is 6.32. The Hall–Kier alpha value is -1.56. The second-order valence-electron chi connectivity index (χ2n) is 3.03. The van der Waals surface area contributed by atoms with Crippen LogP contribution in [0.4, 0.5) is 5.82 Å². The van der Waals surface area contributed by atoms with Crippen molar-refractivity contribution in [2.24, 2.45) is 0 Å². The van der Waals surface area contributed by atoms with Crippen molar-refractivity contribution in [3.63, 3.8) is 0 Å². The first-order chi connectivity index (χ1) is 7.56. The number of likely N-dealkylation sites (N-methyl/N-ethyl adjacent to an activating group) is 1. The average Bonchev–Trinajstić information content (AvgIpc) is 2.22. The van der Waals surface area contributed by atoms with Crippen molar-refractivity contribution >= 4 is 23.4 Å². The van der Waals surface area contributed by atoms with Crippen LogP contribution in [0, 0.1) is 0 Å². The van der Waals surface area contributed by atoms with Crippen LogP contribution in [0.2, 0.25) is 5.02 Å². The first-order valence-corrected chi connectivity index (χ1v) is 5.04. The van der Waals surface area contributed by atoms with Gasteiger partial charge in [0.15, 0.2) is 5.82 Å². The smallest absolute Gasteiger partial charge is 0.325 e. The van der Waals surface area contributed by atoms with Crippen LogP contribution in [0.1, 0.15) is 6.92 Å². The van der Waals surface area contributed by atoms with Crippen molar-refractivity contribution in [3.8, 4) is 0 Å². The van der Waals surface area contributed by atoms with E-state index in [0.717, 1.165) is 0 Å². The molecular formula is C9H12ClN3O3. The third-order valence-electron chi connectivity index (χ3n) is 1.81. The zero-order valence-electron chi connectivity index (χ0n) is 8.99. The standard InChI is InChI=1S/C9H12ClN3O3/c1-3-16-6(14)4-13(2)8-7(10)9(15)12-5-11-8/h5H,3-4H2,1-2H3,(H,11,12,15). The van der Waals surface area contributed by atoms with E-state index in [1.54, 1.807) is 14.0 Å². The van der Waals surface area contributed by atoms with Gasteiger partial charge in [0.05, 0.1) is 12.9 Å². The summed E-state index contributed by atoms with van der Waals surface area (Å²) in [6.07, 6.45) is 1.23. The highest BCUT2D eigenvalue weighted by Gasteiger charge is 2.14. The molecule has 0 aliphatic heterocycles. The summed E-state index contributed by atoms with van der Waals surface area (Å²) in [6, 6.07) is 0. The van der Waals surface area contributed by atoms with Crippen molar-refractivity contribution in [2.45, 2.75) is 6.92 Å². The molecule has 0 bridgehead atoms. The Morgan fingerprint density at radius 2 is 2.38 bits per heavy atom. The summed E-state index contributed by atoms with van der Waals surface area (Å²) < 4.78 is 4.77. The van der Waals surface area contributed by atoms with Crippen LogP contribution < -0.4 is 10.5 Å². The number of anilines is 1. The maximum Gasteiger partial charge on any atom is 0.325 e. The van der Waals surface area contributed by atoms with Crippen molar-refractivity contribution < 1.29 is 9.53 Å². The Balaban J connectivity index is 2.81.